The van der Waals surface area contributed by atoms with Crippen molar-refractivity contribution in [3.05, 3.63) is 95.3 Å². The third-order valence-electron chi connectivity index (χ3n) is 6.61. The Balaban J connectivity index is 1.29. The fraction of sp³-hybridized carbons (Fsp3) is 0.276. The van der Waals surface area contributed by atoms with Crippen LogP contribution in [-0.2, 0) is 6.54 Å². The minimum absolute atomic E-state index is 0.0416. The number of amides is 1. The van der Waals surface area contributed by atoms with Gasteiger partial charge >= 0.3 is 0 Å². The highest BCUT2D eigenvalue weighted by Crippen LogP contribution is 2.26. The summed E-state index contributed by atoms with van der Waals surface area (Å²) in [4.78, 5) is 24.8. The molecule has 0 radical (unpaired) electrons. The van der Waals surface area contributed by atoms with Gasteiger partial charge in [-0.3, -0.25) is 14.7 Å². The molecule has 0 saturated carbocycles. The van der Waals surface area contributed by atoms with E-state index in [1.54, 1.807) is 12.4 Å². The second-order valence-corrected chi connectivity index (χ2v) is 9.40. The van der Waals surface area contributed by atoms with Crippen molar-refractivity contribution in [2.75, 3.05) is 19.6 Å². The Labute approximate surface area is 200 Å². The number of fused-ring (bicyclic) bond motifs is 1. The van der Waals surface area contributed by atoms with Crippen LogP contribution in [0.3, 0.4) is 0 Å². The number of aryl methyl sites for hydroxylation is 2. The van der Waals surface area contributed by atoms with Crippen molar-refractivity contribution in [3.8, 4) is 11.3 Å². The predicted molar refractivity (Wildman–Crippen MR) is 137 cm³/mol. The maximum atomic E-state index is 13.3. The van der Waals surface area contributed by atoms with Crippen LogP contribution >= 0.6 is 0 Å². The van der Waals surface area contributed by atoms with Gasteiger partial charge in [-0.1, -0.05) is 41.5 Å². The van der Waals surface area contributed by atoms with Gasteiger partial charge in [-0.05, 0) is 68.6 Å². The monoisotopic (exact) mass is 450 g/mol. The fourth-order valence-corrected chi connectivity index (χ4v) is 4.70. The minimum atomic E-state index is -0.0416. The normalized spacial score (nSPS) is 16.1. The SMILES string of the molecule is Cc1ccc(CN2CC[C@H](CNC(=O)c3cc(-c4cccnc4)nc4ccc(C)cc34)C2)cc1. The molecule has 4 aromatic rings. The van der Waals surface area contributed by atoms with E-state index in [0.29, 0.717) is 18.0 Å². The van der Waals surface area contributed by atoms with E-state index in [9.17, 15) is 4.79 Å². The van der Waals surface area contributed by atoms with E-state index in [2.05, 4.69) is 46.4 Å². The van der Waals surface area contributed by atoms with E-state index in [1.165, 1.54) is 11.1 Å². The second-order valence-electron chi connectivity index (χ2n) is 9.40. The number of aromatic nitrogens is 2. The van der Waals surface area contributed by atoms with Gasteiger partial charge in [0, 0.05) is 43.0 Å². The van der Waals surface area contributed by atoms with Crippen LogP contribution in [0.4, 0.5) is 0 Å². The lowest BCUT2D eigenvalue weighted by molar-refractivity contribution is 0.0949. The third kappa shape index (κ3) is 5.00. The predicted octanol–water partition coefficient (Wildman–Crippen LogP) is 5.17. The van der Waals surface area contributed by atoms with Crippen LogP contribution in [-0.4, -0.2) is 40.4 Å². The van der Waals surface area contributed by atoms with Crippen molar-refractivity contribution >= 4 is 16.8 Å². The van der Waals surface area contributed by atoms with Gasteiger partial charge in [0.05, 0.1) is 16.8 Å². The molecule has 1 amide bonds. The van der Waals surface area contributed by atoms with Gasteiger partial charge < -0.3 is 5.32 Å². The summed E-state index contributed by atoms with van der Waals surface area (Å²) in [6.07, 6.45) is 4.62. The van der Waals surface area contributed by atoms with Gasteiger partial charge in [-0.15, -0.1) is 0 Å². The standard InChI is InChI=1S/C29H30N4O/c1-20-5-8-22(9-6-20)18-33-13-11-23(19-33)16-31-29(34)26-15-28(24-4-3-12-30-17-24)32-27-10-7-21(2)14-25(26)27/h3-10,12,14-15,17,23H,11,13,16,18-19H2,1-2H3,(H,31,34)/t23-/m1/s1. The molecular weight excluding hydrogens is 420 g/mol. The van der Waals surface area contributed by atoms with Crippen LogP contribution in [0.2, 0.25) is 0 Å². The van der Waals surface area contributed by atoms with Crippen LogP contribution in [0, 0.1) is 19.8 Å². The number of nitrogens with zero attached hydrogens (tertiary/aromatic N) is 3. The molecule has 1 atom stereocenters. The molecule has 2 aromatic carbocycles. The Morgan fingerprint density at radius 1 is 1.06 bits per heavy atom. The zero-order chi connectivity index (χ0) is 23.5. The molecule has 5 nitrogen and oxygen atoms in total. The zero-order valence-electron chi connectivity index (χ0n) is 19.8. The molecule has 1 aliphatic rings. The molecule has 0 bridgehead atoms. The average molecular weight is 451 g/mol. The number of hydrogen-bond donors (Lipinski definition) is 1. The minimum Gasteiger partial charge on any atom is -0.352 e. The largest absolute Gasteiger partial charge is 0.352 e. The number of carbonyl (C=O) groups excluding carboxylic acids is 1. The molecule has 0 aliphatic carbocycles. The molecule has 2 aromatic heterocycles. The van der Waals surface area contributed by atoms with Gasteiger partial charge in [-0.25, -0.2) is 4.98 Å². The van der Waals surface area contributed by atoms with Crippen molar-refractivity contribution in [1.29, 1.82) is 0 Å². The highest BCUT2D eigenvalue weighted by molar-refractivity contribution is 6.07. The number of likely N-dealkylation sites (tertiary alicyclic amines) is 1. The van der Waals surface area contributed by atoms with Crippen molar-refractivity contribution in [1.82, 2.24) is 20.2 Å². The molecule has 5 heteroatoms. The summed E-state index contributed by atoms with van der Waals surface area (Å²) in [5.41, 5.74) is 6.90. The molecule has 5 rings (SSSR count). The van der Waals surface area contributed by atoms with Crippen molar-refractivity contribution in [2.45, 2.75) is 26.8 Å². The molecule has 1 fully saturated rings. The first kappa shape index (κ1) is 22.2. The Kier molecular flexibility index (Phi) is 6.37. The molecule has 1 N–H and O–H groups in total. The summed E-state index contributed by atoms with van der Waals surface area (Å²) >= 11 is 0. The molecule has 172 valence electrons. The van der Waals surface area contributed by atoms with Crippen LogP contribution < -0.4 is 5.32 Å². The highest BCUT2D eigenvalue weighted by atomic mass is 16.1. The molecule has 34 heavy (non-hydrogen) atoms. The summed E-state index contributed by atoms with van der Waals surface area (Å²) in [5.74, 6) is 0.419. The number of carbonyl (C=O) groups is 1. The number of rotatable bonds is 6. The van der Waals surface area contributed by atoms with Crippen LogP contribution in [0.5, 0.6) is 0 Å². The first-order valence-electron chi connectivity index (χ1n) is 11.9. The quantitative estimate of drug-likeness (QED) is 0.441. The fourth-order valence-electron chi connectivity index (χ4n) is 4.70. The van der Waals surface area contributed by atoms with E-state index in [-0.39, 0.29) is 5.91 Å². The summed E-state index contributed by atoms with van der Waals surface area (Å²) in [6, 6.07) is 20.6. The van der Waals surface area contributed by atoms with Gasteiger partial charge in [0.2, 0.25) is 0 Å². The molecule has 1 aliphatic heterocycles. The first-order valence-corrected chi connectivity index (χ1v) is 11.9. The Morgan fingerprint density at radius 3 is 2.68 bits per heavy atom. The number of benzene rings is 2. The smallest absolute Gasteiger partial charge is 0.252 e. The lowest BCUT2D eigenvalue weighted by atomic mass is 10.0. The summed E-state index contributed by atoms with van der Waals surface area (Å²) in [6.45, 7) is 7.87. The van der Waals surface area contributed by atoms with Crippen LogP contribution in [0.15, 0.2) is 73.1 Å². The van der Waals surface area contributed by atoms with E-state index in [0.717, 1.165) is 53.8 Å². The maximum Gasteiger partial charge on any atom is 0.252 e. The maximum absolute atomic E-state index is 13.3. The van der Waals surface area contributed by atoms with Crippen molar-refractivity contribution in [2.24, 2.45) is 5.92 Å². The Hall–Kier alpha value is -3.57. The van der Waals surface area contributed by atoms with Gasteiger partial charge in [0.25, 0.3) is 5.91 Å². The lowest BCUT2D eigenvalue weighted by Gasteiger charge is -2.17. The average Bonchev–Trinajstić information content (AvgIpc) is 3.31. The first-order chi connectivity index (χ1) is 16.5. The Bertz CT molecular complexity index is 1300. The van der Waals surface area contributed by atoms with Gasteiger partial charge in [0.1, 0.15) is 0 Å². The molecule has 3 heterocycles. The van der Waals surface area contributed by atoms with E-state index in [1.807, 2.05) is 43.3 Å². The second kappa shape index (κ2) is 9.74. The van der Waals surface area contributed by atoms with Gasteiger partial charge in [0.15, 0.2) is 0 Å². The van der Waals surface area contributed by atoms with E-state index in [4.69, 9.17) is 4.98 Å². The lowest BCUT2D eigenvalue weighted by Crippen LogP contribution is -2.31. The molecule has 0 spiro atoms. The number of pyridine rings is 2. The number of nitrogens with one attached hydrogen (secondary N) is 1. The zero-order valence-corrected chi connectivity index (χ0v) is 19.8. The topological polar surface area (TPSA) is 58.1 Å². The van der Waals surface area contributed by atoms with E-state index >= 15 is 0 Å². The molecule has 0 unspecified atom stereocenters. The van der Waals surface area contributed by atoms with Crippen molar-refractivity contribution < 1.29 is 4.79 Å². The van der Waals surface area contributed by atoms with Crippen molar-refractivity contribution in [3.63, 3.8) is 0 Å². The molecular formula is C29H30N4O. The van der Waals surface area contributed by atoms with Gasteiger partial charge in [-0.2, -0.15) is 0 Å². The summed E-state index contributed by atoms with van der Waals surface area (Å²) in [7, 11) is 0. The summed E-state index contributed by atoms with van der Waals surface area (Å²) < 4.78 is 0. The highest BCUT2D eigenvalue weighted by Gasteiger charge is 2.23. The molecule has 1 saturated heterocycles. The Morgan fingerprint density at radius 2 is 1.88 bits per heavy atom. The van der Waals surface area contributed by atoms with E-state index < -0.39 is 0 Å². The number of hydrogen-bond acceptors (Lipinski definition) is 4. The van der Waals surface area contributed by atoms with Crippen LogP contribution in [0.1, 0.15) is 33.5 Å². The van der Waals surface area contributed by atoms with Crippen LogP contribution in [0.25, 0.3) is 22.2 Å². The summed E-state index contributed by atoms with van der Waals surface area (Å²) in [5, 5.41) is 4.10. The third-order valence-corrected chi connectivity index (χ3v) is 6.61.